The zero-order valence-electron chi connectivity index (χ0n) is 44.2. The van der Waals surface area contributed by atoms with Crippen LogP contribution in [-0.2, 0) is 38.2 Å². The minimum absolute atomic E-state index is 0.0203. The van der Waals surface area contributed by atoms with Crippen LogP contribution in [0.4, 0.5) is 0 Å². The molecule has 0 aliphatic carbocycles. The van der Waals surface area contributed by atoms with E-state index in [0.29, 0.717) is 52.1 Å². The summed E-state index contributed by atoms with van der Waals surface area (Å²) in [5.74, 6) is 0.109. The lowest BCUT2D eigenvalue weighted by Gasteiger charge is -2.35. The van der Waals surface area contributed by atoms with Gasteiger partial charge in [-0.15, -0.1) is 23.5 Å². The predicted molar refractivity (Wildman–Crippen MR) is 289 cm³/mol. The molecule has 6 rings (SSSR count). The van der Waals surface area contributed by atoms with Crippen LogP contribution >= 0.6 is 23.5 Å². The Morgan fingerprint density at radius 3 is 1.70 bits per heavy atom. The Hall–Kier alpha value is -4.20. The molecule has 2 aromatic carbocycles. The van der Waals surface area contributed by atoms with Crippen LogP contribution in [0.5, 0.6) is 0 Å². The molecule has 6 amide bonds. The van der Waals surface area contributed by atoms with E-state index < -0.39 is 40.9 Å². The van der Waals surface area contributed by atoms with Crippen molar-refractivity contribution in [3.8, 4) is 0 Å². The van der Waals surface area contributed by atoms with Crippen LogP contribution in [0.1, 0.15) is 134 Å². The number of fused-ring (bicyclic) bond motifs is 2. The van der Waals surface area contributed by atoms with Crippen LogP contribution in [0.3, 0.4) is 0 Å². The summed E-state index contributed by atoms with van der Waals surface area (Å²) in [6, 6.07) is 16.5. The fraction of sp³-hybridized carbons (Fsp3) is 0.673. The maximum Gasteiger partial charge on any atom is 0.246 e. The molecule has 4 aliphatic heterocycles. The number of likely N-dealkylation sites (N-methyl/N-ethyl adjacent to an activating group) is 2. The number of hydrogen-bond acceptors (Lipinski definition) is 12. The maximum atomic E-state index is 14.3. The highest BCUT2D eigenvalue weighted by molar-refractivity contribution is 8.00. The van der Waals surface area contributed by atoms with Crippen molar-refractivity contribution >= 4 is 59.0 Å². The molecule has 4 heterocycles. The van der Waals surface area contributed by atoms with Crippen LogP contribution < -0.4 is 32.3 Å². The summed E-state index contributed by atoms with van der Waals surface area (Å²) in [7, 11) is 3.40. The minimum Gasteiger partial charge on any atom is -0.379 e. The second kappa shape index (κ2) is 28.1. The van der Waals surface area contributed by atoms with Gasteiger partial charge < -0.3 is 51.6 Å². The molecular weight excluding hydrogens is 965 g/mol. The molecule has 4 saturated heterocycles. The highest BCUT2D eigenvalue weighted by Crippen LogP contribution is 2.48. The largest absolute Gasteiger partial charge is 0.379 e. The van der Waals surface area contributed by atoms with Crippen molar-refractivity contribution in [3.05, 3.63) is 71.8 Å². The van der Waals surface area contributed by atoms with Crippen molar-refractivity contribution in [1.82, 2.24) is 36.4 Å². The Kier molecular flexibility index (Phi) is 22.3. The van der Waals surface area contributed by atoms with Crippen LogP contribution in [0, 0.1) is 16.7 Å². The zero-order chi connectivity index (χ0) is 52.5. The fourth-order valence-corrected chi connectivity index (χ4v) is 14.4. The minimum atomic E-state index is -0.687. The lowest BCUT2D eigenvalue weighted by Crippen LogP contribution is -2.57. The Morgan fingerprint density at radius 1 is 0.712 bits per heavy atom. The predicted octanol–water partition coefficient (Wildman–Crippen LogP) is 5.82. The van der Waals surface area contributed by atoms with Crippen molar-refractivity contribution in [2.24, 2.45) is 22.5 Å². The smallest absolute Gasteiger partial charge is 0.246 e. The van der Waals surface area contributed by atoms with Crippen molar-refractivity contribution < 1.29 is 38.2 Å². The first-order chi connectivity index (χ1) is 35.0. The van der Waals surface area contributed by atoms with Gasteiger partial charge in [0.05, 0.1) is 48.6 Å². The van der Waals surface area contributed by atoms with Gasteiger partial charge in [-0.2, -0.15) is 0 Å². The number of amides is 6. The molecule has 4 aliphatic rings. The van der Waals surface area contributed by atoms with Crippen LogP contribution in [0.15, 0.2) is 60.7 Å². The zero-order valence-corrected chi connectivity index (χ0v) is 45.8. The summed E-state index contributed by atoms with van der Waals surface area (Å²) in [6.07, 6.45) is 11.1. The summed E-state index contributed by atoms with van der Waals surface area (Å²) in [6.45, 7) is 10.2. The van der Waals surface area contributed by atoms with Gasteiger partial charge in [0.1, 0.15) is 18.1 Å². The molecule has 0 aromatic heterocycles. The molecule has 16 nitrogen and oxygen atoms in total. The van der Waals surface area contributed by atoms with E-state index in [-0.39, 0.29) is 71.3 Å². The third-order valence-corrected chi connectivity index (χ3v) is 17.7. The van der Waals surface area contributed by atoms with Gasteiger partial charge in [0.25, 0.3) is 0 Å². The van der Waals surface area contributed by atoms with Crippen molar-refractivity contribution in [2.75, 3.05) is 58.6 Å². The van der Waals surface area contributed by atoms with Crippen LogP contribution in [0.25, 0.3) is 0 Å². The number of ether oxygens (including phenoxy) is 2. The number of primary amides is 1. The van der Waals surface area contributed by atoms with Crippen LogP contribution in [-0.4, -0.2) is 139 Å². The third kappa shape index (κ3) is 16.2. The second-order valence-electron chi connectivity index (χ2n) is 21.8. The van der Waals surface area contributed by atoms with Crippen molar-refractivity contribution in [3.63, 3.8) is 0 Å². The molecule has 9 atom stereocenters. The van der Waals surface area contributed by atoms with Gasteiger partial charge in [-0.25, -0.2) is 0 Å². The first-order valence-electron chi connectivity index (χ1n) is 26.7. The highest BCUT2D eigenvalue weighted by atomic mass is 32.2. The first-order valence-corrected chi connectivity index (χ1v) is 28.8. The van der Waals surface area contributed by atoms with E-state index in [9.17, 15) is 28.8 Å². The molecule has 18 heteroatoms. The van der Waals surface area contributed by atoms with Crippen molar-refractivity contribution in [1.29, 1.82) is 0 Å². The number of unbranched alkanes of at least 4 members (excludes halogenated alkanes) is 7. The molecule has 0 saturated carbocycles. The molecular formula is C55H84N8O8S2. The Labute approximate surface area is 442 Å². The summed E-state index contributed by atoms with van der Waals surface area (Å²) in [5, 5.41) is 15.0. The van der Waals surface area contributed by atoms with E-state index in [1.807, 2.05) is 74.5 Å². The number of nitrogens with one attached hydrogen (secondary N) is 5. The highest BCUT2D eigenvalue weighted by Gasteiger charge is 2.55. The van der Waals surface area contributed by atoms with Crippen LogP contribution in [0.2, 0.25) is 0 Å². The number of nitrogens with two attached hydrogens (primary N) is 1. The Bertz CT molecular complexity index is 2120. The Balaban J connectivity index is 0.888. The molecule has 7 N–H and O–H groups in total. The number of hydrogen-bond donors (Lipinski definition) is 6. The molecule has 0 radical (unpaired) electrons. The quantitative estimate of drug-likeness (QED) is 0.0557. The lowest BCUT2D eigenvalue weighted by atomic mass is 9.83. The average Bonchev–Trinajstić information content (AvgIpc) is 3.68. The molecule has 73 heavy (non-hydrogen) atoms. The molecule has 0 spiro atoms. The molecule has 0 bridgehead atoms. The van der Waals surface area contributed by atoms with Gasteiger partial charge in [-0.05, 0) is 92.0 Å². The monoisotopic (exact) mass is 1050 g/mol. The fourth-order valence-electron chi connectivity index (χ4n) is 11.1. The van der Waals surface area contributed by atoms with E-state index in [4.69, 9.17) is 15.2 Å². The third-order valence-electron chi connectivity index (χ3n) is 15.0. The number of benzene rings is 2. The van der Waals surface area contributed by atoms with Gasteiger partial charge in [0.15, 0.2) is 0 Å². The number of nitrogens with zero attached hydrogens (tertiary/aromatic N) is 2. The number of carbonyl (C=O) groups is 6. The van der Waals surface area contributed by atoms with Crippen molar-refractivity contribution in [2.45, 2.75) is 158 Å². The first kappa shape index (κ1) is 58.1. The van der Waals surface area contributed by atoms with Gasteiger partial charge >= 0.3 is 0 Å². The molecule has 4 fully saturated rings. The number of rotatable bonds is 28. The van der Waals surface area contributed by atoms with E-state index in [1.54, 1.807) is 47.4 Å². The van der Waals surface area contributed by atoms with E-state index in [1.165, 1.54) is 0 Å². The molecule has 2 unspecified atom stereocenters. The topological polar surface area (TPSA) is 214 Å². The summed E-state index contributed by atoms with van der Waals surface area (Å²) in [4.78, 5) is 84.4. The maximum absolute atomic E-state index is 14.3. The molecule has 2 aromatic rings. The molecule has 404 valence electrons. The average molecular weight is 1050 g/mol. The number of carbonyl (C=O) groups excluding carboxylic acids is 6. The summed E-state index contributed by atoms with van der Waals surface area (Å²) >= 11 is 3.38. The summed E-state index contributed by atoms with van der Waals surface area (Å²) in [5.41, 5.74) is 6.60. The normalized spacial score (nSPS) is 24.6. The standard InChI is InChI=1S/C55H84N8O8S2/c1-54(2)31-46-62(45(65)30-37(36-73-46)29-41(58-6)50(56)66)48(54)51(67)60-42(38-21-15-13-16-22-38)34-70-26-19-11-9-7-8-10-12-20-27-71-35-43(39-23-17-14-18-24-39)61-52(68)49-55(3,4)32-47-63(49)53(69)40(25-28-72-47)59-44(64)33-57-5/h13-18,21-24,37,40-43,46-49,57-58H,7-12,19-20,25-36H2,1-6H3,(H2,56,66)(H,59,64)(H,60,67)(H,61,68)/t37?,40-,41-,42+,43+,46-,47-,48?,49+/m0/s1. The van der Waals surface area contributed by atoms with E-state index >= 15 is 0 Å². The SMILES string of the molecule is CNCC(=O)N[C@H]1CCS[C@H]2CC(C)(C)[C@@H](C(=O)N[C@H](COCCCCCCCCCCOC[C@@H](NC(=O)C3N4C(=O)CC(C[C@H](NC)C(N)=O)CS[C@H]4CC3(C)C)c3ccccc3)c3ccccc3)N2C1=O. The van der Waals surface area contributed by atoms with E-state index in [0.717, 1.165) is 74.0 Å². The number of thioether (sulfide) groups is 2. The second-order valence-corrected chi connectivity index (χ2v) is 24.3. The van der Waals surface area contributed by atoms with Gasteiger partial charge in [0.2, 0.25) is 35.4 Å². The van der Waals surface area contributed by atoms with Gasteiger partial charge in [-0.1, -0.05) is 127 Å². The summed E-state index contributed by atoms with van der Waals surface area (Å²) < 4.78 is 12.4. The lowest BCUT2D eigenvalue weighted by molar-refractivity contribution is -0.144. The Morgan fingerprint density at radius 2 is 1.21 bits per heavy atom. The van der Waals surface area contributed by atoms with Gasteiger partial charge in [0, 0.05) is 19.6 Å². The van der Waals surface area contributed by atoms with E-state index in [2.05, 4.69) is 40.4 Å². The van der Waals surface area contributed by atoms with Gasteiger partial charge in [-0.3, -0.25) is 28.8 Å².